The maximum Gasteiger partial charge on any atom is 0.139 e. The number of nitrogens with two attached hydrogens (primary N) is 1. The summed E-state index contributed by atoms with van der Waals surface area (Å²) in [5, 5.41) is 15.1. The number of unbranched alkanes of at least 4 members (excludes halogenated alkanes) is 1. The van der Waals surface area contributed by atoms with E-state index in [-0.39, 0.29) is 0 Å². The minimum atomic E-state index is 0.342. The summed E-state index contributed by atoms with van der Waals surface area (Å²) >= 11 is 0. The molecule has 0 bridgehead atoms. The first kappa shape index (κ1) is 13.6. The van der Waals surface area contributed by atoms with E-state index in [9.17, 15) is 0 Å². The molecule has 0 aromatic rings. The van der Waals surface area contributed by atoms with Gasteiger partial charge < -0.3 is 16.3 Å². The molecule has 5 heteroatoms. The topological polar surface area (TPSA) is 73.9 Å². The van der Waals surface area contributed by atoms with E-state index in [0.717, 1.165) is 25.4 Å². The lowest BCUT2D eigenvalue weighted by Crippen LogP contribution is -2.45. The minimum Gasteiger partial charge on any atom is -0.409 e. The van der Waals surface area contributed by atoms with Gasteiger partial charge in [0.1, 0.15) is 5.84 Å². The lowest BCUT2D eigenvalue weighted by atomic mass is 9.99. The van der Waals surface area contributed by atoms with E-state index in [0.29, 0.717) is 18.3 Å². The van der Waals surface area contributed by atoms with Crippen LogP contribution in [0.1, 0.15) is 44.9 Å². The maximum absolute atomic E-state index is 8.44. The first-order valence-corrected chi connectivity index (χ1v) is 7.25. The Kier molecular flexibility index (Phi) is 5.26. The normalized spacial score (nSPS) is 29.4. The molecule has 4 N–H and O–H groups in total. The van der Waals surface area contributed by atoms with Crippen molar-refractivity contribution in [2.24, 2.45) is 10.9 Å². The largest absolute Gasteiger partial charge is 0.409 e. The van der Waals surface area contributed by atoms with E-state index >= 15 is 0 Å². The fraction of sp³-hybridized carbons (Fsp3) is 0.923. The summed E-state index contributed by atoms with van der Waals surface area (Å²) in [6.07, 6.45) is 8.21. The average Bonchev–Trinajstić information content (AvgIpc) is 2.81. The van der Waals surface area contributed by atoms with Crippen LogP contribution in [0.25, 0.3) is 0 Å². The molecule has 0 radical (unpaired) electrons. The molecule has 0 aromatic carbocycles. The second-order valence-corrected chi connectivity index (χ2v) is 5.50. The van der Waals surface area contributed by atoms with Crippen LogP contribution in [0.15, 0.2) is 5.16 Å². The van der Waals surface area contributed by atoms with Crippen LogP contribution < -0.4 is 11.1 Å². The van der Waals surface area contributed by atoms with Crippen molar-refractivity contribution in [1.82, 2.24) is 10.2 Å². The quantitative estimate of drug-likeness (QED) is 0.218. The molecular weight excluding hydrogens is 228 g/mol. The zero-order valence-corrected chi connectivity index (χ0v) is 11.1. The van der Waals surface area contributed by atoms with E-state index in [1.54, 1.807) is 0 Å². The number of hydrogen-bond donors (Lipinski definition) is 3. The second kappa shape index (κ2) is 6.95. The summed E-state index contributed by atoms with van der Waals surface area (Å²) in [5.74, 6) is 0.342. The Balaban J connectivity index is 1.59. The van der Waals surface area contributed by atoms with E-state index in [1.165, 1.54) is 38.8 Å². The molecule has 2 atom stereocenters. The van der Waals surface area contributed by atoms with Gasteiger partial charge in [-0.05, 0) is 45.2 Å². The van der Waals surface area contributed by atoms with E-state index < -0.39 is 0 Å². The predicted molar refractivity (Wildman–Crippen MR) is 72.9 cm³/mol. The molecule has 0 aliphatic carbocycles. The van der Waals surface area contributed by atoms with Crippen molar-refractivity contribution in [2.75, 3.05) is 19.6 Å². The lowest BCUT2D eigenvalue weighted by molar-refractivity contribution is 0.180. The van der Waals surface area contributed by atoms with Crippen molar-refractivity contribution in [2.45, 2.75) is 57.0 Å². The monoisotopic (exact) mass is 254 g/mol. The molecule has 2 saturated heterocycles. The zero-order chi connectivity index (χ0) is 12.8. The van der Waals surface area contributed by atoms with Crippen molar-refractivity contribution in [1.29, 1.82) is 0 Å². The predicted octanol–water partition coefficient (Wildman–Crippen LogP) is 1.12. The van der Waals surface area contributed by atoms with Crippen LogP contribution in [0.2, 0.25) is 0 Å². The molecule has 2 aliphatic heterocycles. The molecule has 5 nitrogen and oxygen atoms in total. The van der Waals surface area contributed by atoms with Crippen molar-refractivity contribution in [3.05, 3.63) is 0 Å². The van der Waals surface area contributed by atoms with Crippen LogP contribution in [0.5, 0.6) is 0 Å². The number of fused-ring (bicyclic) bond motifs is 1. The van der Waals surface area contributed by atoms with Gasteiger partial charge in [0.15, 0.2) is 0 Å². The fourth-order valence-corrected chi connectivity index (χ4v) is 3.25. The summed E-state index contributed by atoms with van der Waals surface area (Å²) in [5.41, 5.74) is 5.44. The Morgan fingerprint density at radius 3 is 3.00 bits per heavy atom. The van der Waals surface area contributed by atoms with Gasteiger partial charge >= 0.3 is 0 Å². The first-order chi connectivity index (χ1) is 8.81. The molecule has 2 fully saturated rings. The highest BCUT2D eigenvalue weighted by atomic mass is 16.4. The van der Waals surface area contributed by atoms with Gasteiger partial charge in [-0.2, -0.15) is 0 Å². The number of rotatable bonds is 6. The van der Waals surface area contributed by atoms with Gasteiger partial charge in [0.25, 0.3) is 0 Å². The molecule has 0 aromatic heterocycles. The molecule has 2 unspecified atom stereocenters. The highest BCUT2D eigenvalue weighted by Gasteiger charge is 2.34. The van der Waals surface area contributed by atoms with Crippen molar-refractivity contribution < 1.29 is 5.21 Å². The molecule has 0 spiro atoms. The third-order valence-electron chi connectivity index (χ3n) is 4.25. The minimum absolute atomic E-state index is 0.342. The van der Waals surface area contributed by atoms with Gasteiger partial charge in [-0.25, -0.2) is 0 Å². The molecule has 2 aliphatic rings. The molecule has 104 valence electrons. The summed E-state index contributed by atoms with van der Waals surface area (Å²) in [6.45, 7) is 3.62. The summed E-state index contributed by atoms with van der Waals surface area (Å²) in [6, 6.07) is 1.47. The highest BCUT2D eigenvalue weighted by Crippen LogP contribution is 2.26. The molecule has 2 heterocycles. The Morgan fingerprint density at radius 2 is 2.17 bits per heavy atom. The fourth-order valence-electron chi connectivity index (χ4n) is 3.25. The number of amidine groups is 1. The Labute approximate surface area is 109 Å². The smallest absolute Gasteiger partial charge is 0.139 e. The van der Waals surface area contributed by atoms with E-state index in [2.05, 4.69) is 15.4 Å². The Bertz CT molecular complexity index is 282. The average molecular weight is 254 g/mol. The molecule has 18 heavy (non-hydrogen) atoms. The van der Waals surface area contributed by atoms with Crippen molar-refractivity contribution in [3.8, 4) is 0 Å². The number of nitrogens with zero attached hydrogens (tertiary/aromatic N) is 2. The van der Waals surface area contributed by atoms with E-state index in [1.807, 2.05) is 0 Å². The van der Waals surface area contributed by atoms with Crippen molar-refractivity contribution >= 4 is 5.84 Å². The Morgan fingerprint density at radius 1 is 1.28 bits per heavy atom. The molecule has 0 saturated carbocycles. The third kappa shape index (κ3) is 3.59. The number of oxime groups is 1. The van der Waals surface area contributed by atoms with Gasteiger partial charge in [-0.15, -0.1) is 0 Å². The van der Waals surface area contributed by atoms with Gasteiger partial charge in [0.05, 0.1) is 0 Å². The molecule has 0 amide bonds. The van der Waals surface area contributed by atoms with Gasteiger partial charge in [0.2, 0.25) is 0 Å². The van der Waals surface area contributed by atoms with Gasteiger partial charge in [-0.1, -0.05) is 11.6 Å². The van der Waals surface area contributed by atoms with Crippen LogP contribution >= 0.6 is 0 Å². The lowest BCUT2D eigenvalue weighted by Gasteiger charge is -2.32. The summed E-state index contributed by atoms with van der Waals surface area (Å²) in [4.78, 5) is 2.65. The SMILES string of the molecule is NC(CCCCNC1CCN2CCCCC12)=NO. The third-order valence-corrected chi connectivity index (χ3v) is 4.25. The van der Waals surface area contributed by atoms with Gasteiger partial charge in [-0.3, -0.25) is 4.90 Å². The first-order valence-electron chi connectivity index (χ1n) is 7.25. The molecule has 2 rings (SSSR count). The standard InChI is InChI=1S/C13H26N4O/c14-13(16-18)6-1-3-8-15-11-7-10-17-9-4-2-5-12(11)17/h11-12,15,18H,1-10H2,(H2,14,16). The Hall–Kier alpha value is -0.810. The number of hydrogen-bond acceptors (Lipinski definition) is 4. The highest BCUT2D eigenvalue weighted by molar-refractivity contribution is 5.79. The second-order valence-electron chi connectivity index (χ2n) is 5.50. The summed E-state index contributed by atoms with van der Waals surface area (Å²) in [7, 11) is 0. The van der Waals surface area contributed by atoms with Crippen LogP contribution in [0.3, 0.4) is 0 Å². The van der Waals surface area contributed by atoms with Crippen molar-refractivity contribution in [3.63, 3.8) is 0 Å². The molecular formula is C13H26N4O. The number of piperidine rings is 1. The number of nitrogens with one attached hydrogen (secondary N) is 1. The van der Waals surface area contributed by atoms with Crippen LogP contribution in [0, 0.1) is 0 Å². The van der Waals surface area contributed by atoms with E-state index in [4.69, 9.17) is 10.9 Å². The summed E-state index contributed by atoms with van der Waals surface area (Å²) < 4.78 is 0. The van der Waals surface area contributed by atoms with Crippen LogP contribution in [-0.2, 0) is 0 Å². The van der Waals surface area contributed by atoms with Gasteiger partial charge in [0, 0.05) is 25.0 Å². The van der Waals surface area contributed by atoms with Crippen LogP contribution in [0.4, 0.5) is 0 Å². The maximum atomic E-state index is 8.44. The van der Waals surface area contributed by atoms with Crippen LogP contribution in [-0.4, -0.2) is 47.7 Å². The zero-order valence-electron chi connectivity index (χ0n) is 11.1.